The van der Waals surface area contributed by atoms with Gasteiger partial charge >= 0.3 is 0 Å². The van der Waals surface area contributed by atoms with Crippen LogP contribution in [0.4, 0.5) is 0 Å². The van der Waals surface area contributed by atoms with Gasteiger partial charge in [-0.25, -0.2) is 0 Å². The monoisotopic (exact) mass is 253 g/mol. The maximum atomic E-state index is 6.02. The molecule has 0 aliphatic heterocycles. The molecule has 0 aliphatic carbocycles. The van der Waals surface area contributed by atoms with Gasteiger partial charge in [-0.05, 0) is 5.75 Å². The van der Waals surface area contributed by atoms with Gasteiger partial charge in [0.2, 0.25) is 5.89 Å². The fraction of sp³-hybridized carbons (Fsp3) is 0.500. The van der Waals surface area contributed by atoms with Crippen LogP contribution >= 0.6 is 11.8 Å². The molecule has 0 saturated heterocycles. The summed E-state index contributed by atoms with van der Waals surface area (Å²) < 4.78 is 6.84. The van der Waals surface area contributed by atoms with Crippen molar-refractivity contribution in [3.05, 3.63) is 29.7 Å². The summed E-state index contributed by atoms with van der Waals surface area (Å²) in [4.78, 5) is 4.27. The number of rotatable bonds is 5. The van der Waals surface area contributed by atoms with Crippen LogP contribution in [0.5, 0.6) is 0 Å². The molecule has 0 bridgehead atoms. The summed E-state index contributed by atoms with van der Waals surface area (Å²) >= 11 is 1.74. The topological polar surface area (TPSA) is 82.8 Å². The molecular weight excluding hydrogens is 238 g/mol. The lowest BCUT2D eigenvalue weighted by molar-refractivity contribution is 0.363. The van der Waals surface area contributed by atoms with Gasteiger partial charge in [0, 0.05) is 18.8 Å². The van der Waals surface area contributed by atoms with E-state index in [1.54, 1.807) is 22.6 Å². The highest BCUT2D eigenvalue weighted by molar-refractivity contribution is 7.98. The summed E-state index contributed by atoms with van der Waals surface area (Å²) in [6, 6.07) is -0.406. The van der Waals surface area contributed by atoms with E-state index in [1.165, 1.54) is 0 Å². The number of hydrogen-bond acceptors (Lipinski definition) is 6. The minimum Gasteiger partial charge on any atom is -0.337 e. The largest absolute Gasteiger partial charge is 0.337 e. The predicted octanol–water partition coefficient (Wildman–Crippen LogP) is 1.10. The second-order valence-electron chi connectivity index (χ2n) is 3.61. The Kier molecular flexibility index (Phi) is 3.80. The maximum Gasteiger partial charge on any atom is 0.248 e. The molecular formula is C10H15N5OS. The van der Waals surface area contributed by atoms with Gasteiger partial charge in [0.05, 0.1) is 11.9 Å². The maximum absolute atomic E-state index is 6.02. The zero-order valence-corrected chi connectivity index (χ0v) is 10.6. The van der Waals surface area contributed by atoms with E-state index in [1.807, 2.05) is 13.2 Å². The number of nitrogens with zero attached hydrogens (tertiary/aromatic N) is 4. The van der Waals surface area contributed by atoms with Crippen LogP contribution in [0.1, 0.15) is 30.2 Å². The first-order valence-electron chi connectivity index (χ1n) is 5.35. The lowest BCUT2D eigenvalue weighted by Gasteiger charge is -2.01. The minimum absolute atomic E-state index is 0.406. The van der Waals surface area contributed by atoms with Gasteiger partial charge in [-0.1, -0.05) is 12.1 Å². The van der Waals surface area contributed by atoms with Crippen molar-refractivity contribution in [2.75, 3.05) is 5.75 Å². The highest BCUT2D eigenvalue weighted by Crippen LogP contribution is 2.18. The van der Waals surface area contributed by atoms with Crippen molar-refractivity contribution in [3.63, 3.8) is 0 Å². The van der Waals surface area contributed by atoms with E-state index in [2.05, 4.69) is 22.2 Å². The Hall–Kier alpha value is -1.34. The van der Waals surface area contributed by atoms with Gasteiger partial charge in [-0.2, -0.15) is 21.8 Å². The normalized spacial score (nSPS) is 12.9. The van der Waals surface area contributed by atoms with Crippen LogP contribution in [-0.4, -0.2) is 25.7 Å². The number of nitrogens with two attached hydrogens (primary N) is 1. The summed E-state index contributed by atoms with van der Waals surface area (Å²) in [6.45, 7) is 2.09. The Balaban J connectivity index is 2.09. The Morgan fingerprint density at radius 3 is 3.06 bits per heavy atom. The van der Waals surface area contributed by atoms with E-state index in [-0.39, 0.29) is 0 Å². The molecule has 1 atom stereocenters. The minimum atomic E-state index is -0.406. The third kappa shape index (κ3) is 2.86. The highest BCUT2D eigenvalue weighted by atomic mass is 32.2. The Labute approximate surface area is 104 Å². The summed E-state index contributed by atoms with van der Waals surface area (Å²) in [6.07, 6.45) is 3.55. The average Bonchev–Trinajstić information content (AvgIpc) is 2.94. The molecule has 0 spiro atoms. The predicted molar refractivity (Wildman–Crippen MR) is 65.4 cm³/mol. The van der Waals surface area contributed by atoms with Crippen LogP contribution in [0, 0.1) is 0 Å². The van der Waals surface area contributed by atoms with Crippen molar-refractivity contribution in [1.82, 2.24) is 19.9 Å². The van der Waals surface area contributed by atoms with E-state index < -0.39 is 6.04 Å². The zero-order chi connectivity index (χ0) is 12.3. The number of aromatic nitrogens is 4. The Morgan fingerprint density at radius 1 is 1.59 bits per heavy atom. The first kappa shape index (κ1) is 12.1. The van der Waals surface area contributed by atoms with Gasteiger partial charge in [0.15, 0.2) is 5.82 Å². The van der Waals surface area contributed by atoms with Crippen LogP contribution < -0.4 is 5.73 Å². The number of aryl methyl sites for hydroxylation is 1. The van der Waals surface area contributed by atoms with Crippen molar-refractivity contribution < 1.29 is 4.52 Å². The fourth-order valence-corrected chi connectivity index (χ4v) is 1.89. The third-order valence-corrected chi connectivity index (χ3v) is 3.14. The fourth-order valence-electron chi connectivity index (χ4n) is 1.39. The molecule has 92 valence electrons. The average molecular weight is 253 g/mol. The van der Waals surface area contributed by atoms with Crippen LogP contribution in [0.3, 0.4) is 0 Å². The Morgan fingerprint density at radius 2 is 2.41 bits per heavy atom. The van der Waals surface area contributed by atoms with Gasteiger partial charge in [-0.3, -0.25) is 4.68 Å². The molecule has 0 radical (unpaired) electrons. The van der Waals surface area contributed by atoms with Gasteiger partial charge in [0.1, 0.15) is 6.04 Å². The first-order chi connectivity index (χ1) is 8.20. The smallest absolute Gasteiger partial charge is 0.248 e. The third-order valence-electron chi connectivity index (χ3n) is 2.27. The molecule has 2 rings (SSSR count). The molecule has 0 amide bonds. The molecule has 0 aromatic carbocycles. The van der Waals surface area contributed by atoms with E-state index in [0.29, 0.717) is 11.7 Å². The molecule has 2 aromatic rings. The van der Waals surface area contributed by atoms with Crippen LogP contribution in [0.15, 0.2) is 16.9 Å². The second-order valence-corrected chi connectivity index (χ2v) is 4.89. The summed E-state index contributed by atoms with van der Waals surface area (Å²) in [7, 11) is 1.84. The van der Waals surface area contributed by atoms with Gasteiger partial charge in [0.25, 0.3) is 0 Å². The Bertz CT molecular complexity index is 481. The van der Waals surface area contributed by atoms with Crippen molar-refractivity contribution >= 4 is 11.8 Å². The van der Waals surface area contributed by atoms with Crippen molar-refractivity contribution in [2.45, 2.75) is 18.7 Å². The number of hydrogen-bond donors (Lipinski definition) is 1. The second kappa shape index (κ2) is 5.33. The molecule has 17 heavy (non-hydrogen) atoms. The molecule has 2 aromatic heterocycles. The molecule has 2 N–H and O–H groups in total. The van der Waals surface area contributed by atoms with E-state index in [0.717, 1.165) is 17.1 Å². The van der Waals surface area contributed by atoms with E-state index in [9.17, 15) is 0 Å². The summed E-state index contributed by atoms with van der Waals surface area (Å²) in [5.74, 6) is 2.90. The zero-order valence-electron chi connectivity index (χ0n) is 9.83. The van der Waals surface area contributed by atoms with Crippen molar-refractivity contribution in [2.24, 2.45) is 12.8 Å². The molecule has 0 aliphatic rings. The van der Waals surface area contributed by atoms with Gasteiger partial charge in [-0.15, -0.1) is 0 Å². The quantitative estimate of drug-likeness (QED) is 0.859. The molecule has 7 heteroatoms. The molecule has 6 nitrogen and oxygen atoms in total. The lowest BCUT2D eigenvalue weighted by atomic mass is 10.2. The highest BCUT2D eigenvalue weighted by Gasteiger charge is 2.17. The van der Waals surface area contributed by atoms with Gasteiger partial charge < -0.3 is 10.3 Å². The first-order valence-corrected chi connectivity index (χ1v) is 6.50. The molecule has 0 fully saturated rings. The van der Waals surface area contributed by atoms with Crippen molar-refractivity contribution in [3.8, 4) is 0 Å². The van der Waals surface area contributed by atoms with Crippen LogP contribution in [-0.2, 0) is 12.8 Å². The summed E-state index contributed by atoms with van der Waals surface area (Å²) in [5, 5.41) is 7.96. The van der Waals surface area contributed by atoms with Crippen molar-refractivity contribution in [1.29, 1.82) is 0 Å². The van der Waals surface area contributed by atoms with E-state index in [4.69, 9.17) is 10.3 Å². The number of thioether (sulfide) groups is 1. The summed E-state index contributed by atoms with van der Waals surface area (Å²) in [5.41, 5.74) is 6.88. The SMILES string of the molecule is CCSCc1noc(C(N)c2cnn(C)c2)n1. The lowest BCUT2D eigenvalue weighted by Crippen LogP contribution is -2.11. The van der Waals surface area contributed by atoms with Crippen LogP contribution in [0.25, 0.3) is 0 Å². The standard InChI is InChI=1S/C10H15N5OS/c1-3-17-6-8-13-10(16-14-8)9(11)7-4-12-15(2)5-7/h4-5,9H,3,6,11H2,1-2H3. The van der Waals surface area contributed by atoms with Crippen LogP contribution in [0.2, 0.25) is 0 Å². The molecule has 2 heterocycles. The molecule has 0 saturated carbocycles. The molecule has 1 unspecified atom stereocenters. The van der Waals surface area contributed by atoms with E-state index >= 15 is 0 Å².